The van der Waals surface area contributed by atoms with E-state index in [0.29, 0.717) is 6.04 Å². The number of hydrogen-bond acceptors (Lipinski definition) is 3. The Morgan fingerprint density at radius 1 is 0.808 bits per heavy atom. The number of anilines is 2. The Morgan fingerprint density at radius 3 is 2.15 bits per heavy atom. The lowest BCUT2D eigenvalue weighted by Gasteiger charge is -2.41. The van der Waals surface area contributed by atoms with Gasteiger partial charge in [0.1, 0.15) is 0 Å². The minimum Gasteiger partial charge on any atom is -0.382 e. The van der Waals surface area contributed by atoms with E-state index in [2.05, 4.69) is 34.5 Å². The van der Waals surface area contributed by atoms with Gasteiger partial charge in [-0.1, -0.05) is 36.4 Å². The van der Waals surface area contributed by atoms with Crippen molar-refractivity contribution < 1.29 is 4.79 Å². The number of nitrogens with zero attached hydrogens (tertiary/aromatic N) is 2. The zero-order valence-corrected chi connectivity index (χ0v) is 15.2. The molecule has 136 valence electrons. The molecule has 2 heterocycles. The first-order chi connectivity index (χ1) is 12.8. The van der Waals surface area contributed by atoms with Gasteiger partial charge in [0.2, 0.25) is 5.91 Å². The van der Waals surface area contributed by atoms with Crippen LogP contribution in [0.3, 0.4) is 0 Å². The molecule has 2 aliphatic heterocycles. The fraction of sp³-hybridized carbons (Fsp3) is 0.409. The van der Waals surface area contributed by atoms with Crippen LogP contribution in [0, 0.1) is 0 Å². The highest BCUT2D eigenvalue weighted by Crippen LogP contribution is 2.26. The standard InChI is InChI=1S/C22H27N3O/c26-22-21(12-7-15-25(22)20-10-5-2-6-11-20)24-16-13-19(14-17-24)23-18-8-3-1-4-9-18/h1-6,8-11,19,21,23H,7,12-17H2. The summed E-state index contributed by atoms with van der Waals surface area (Å²) in [5.41, 5.74) is 2.22. The van der Waals surface area contributed by atoms with Crippen LogP contribution in [0.2, 0.25) is 0 Å². The minimum absolute atomic E-state index is 0.0432. The zero-order chi connectivity index (χ0) is 17.8. The molecule has 0 aliphatic carbocycles. The molecule has 0 bridgehead atoms. The molecule has 2 aromatic rings. The van der Waals surface area contributed by atoms with Crippen molar-refractivity contribution in [2.45, 2.75) is 37.8 Å². The number of amides is 1. The van der Waals surface area contributed by atoms with Gasteiger partial charge in [0, 0.05) is 37.1 Å². The van der Waals surface area contributed by atoms with E-state index in [0.717, 1.165) is 51.0 Å². The van der Waals surface area contributed by atoms with Crippen molar-refractivity contribution in [2.24, 2.45) is 0 Å². The molecule has 0 aromatic heterocycles. The summed E-state index contributed by atoms with van der Waals surface area (Å²) in [7, 11) is 0. The van der Waals surface area contributed by atoms with E-state index in [-0.39, 0.29) is 11.9 Å². The first-order valence-electron chi connectivity index (χ1n) is 9.73. The maximum Gasteiger partial charge on any atom is 0.244 e. The van der Waals surface area contributed by atoms with Crippen LogP contribution in [0.1, 0.15) is 25.7 Å². The van der Waals surface area contributed by atoms with Gasteiger partial charge < -0.3 is 10.2 Å². The van der Waals surface area contributed by atoms with Crippen molar-refractivity contribution >= 4 is 17.3 Å². The summed E-state index contributed by atoms with van der Waals surface area (Å²) in [5.74, 6) is 0.275. The van der Waals surface area contributed by atoms with Crippen LogP contribution in [-0.4, -0.2) is 42.5 Å². The Labute approximate surface area is 155 Å². The second-order valence-corrected chi connectivity index (χ2v) is 7.30. The van der Waals surface area contributed by atoms with Gasteiger partial charge >= 0.3 is 0 Å². The summed E-state index contributed by atoms with van der Waals surface area (Å²) in [6.45, 7) is 2.82. The number of benzene rings is 2. The second kappa shape index (κ2) is 7.92. The number of hydrogen-bond donors (Lipinski definition) is 1. The summed E-state index contributed by atoms with van der Waals surface area (Å²) in [6, 6.07) is 21.0. The molecule has 4 heteroatoms. The quantitative estimate of drug-likeness (QED) is 0.913. The van der Waals surface area contributed by atoms with E-state index in [1.54, 1.807) is 0 Å². The number of piperidine rings is 2. The molecule has 0 spiro atoms. The molecule has 0 radical (unpaired) electrons. The van der Waals surface area contributed by atoms with Crippen molar-refractivity contribution in [3.8, 4) is 0 Å². The van der Waals surface area contributed by atoms with Gasteiger partial charge in [0.05, 0.1) is 6.04 Å². The number of rotatable bonds is 4. The molecule has 4 nitrogen and oxygen atoms in total. The van der Waals surface area contributed by atoms with Crippen LogP contribution < -0.4 is 10.2 Å². The van der Waals surface area contributed by atoms with E-state index < -0.39 is 0 Å². The van der Waals surface area contributed by atoms with Crippen molar-refractivity contribution in [1.29, 1.82) is 0 Å². The van der Waals surface area contributed by atoms with E-state index in [1.165, 1.54) is 5.69 Å². The molecule has 1 atom stereocenters. The summed E-state index contributed by atoms with van der Waals surface area (Å²) >= 11 is 0. The van der Waals surface area contributed by atoms with Gasteiger partial charge in [-0.3, -0.25) is 9.69 Å². The molecular weight excluding hydrogens is 322 g/mol. The van der Waals surface area contributed by atoms with Crippen molar-refractivity contribution in [3.63, 3.8) is 0 Å². The van der Waals surface area contributed by atoms with Crippen LogP contribution in [0.25, 0.3) is 0 Å². The summed E-state index contributed by atoms with van der Waals surface area (Å²) in [5, 5.41) is 3.63. The predicted molar refractivity (Wildman–Crippen MR) is 106 cm³/mol. The predicted octanol–water partition coefficient (Wildman–Crippen LogP) is 3.76. The van der Waals surface area contributed by atoms with E-state index in [9.17, 15) is 4.79 Å². The van der Waals surface area contributed by atoms with E-state index in [4.69, 9.17) is 0 Å². The average Bonchev–Trinajstić information content (AvgIpc) is 2.70. The SMILES string of the molecule is O=C1C(N2CCC(Nc3ccccc3)CC2)CCCN1c1ccccc1. The molecule has 1 N–H and O–H groups in total. The smallest absolute Gasteiger partial charge is 0.244 e. The molecule has 0 saturated carbocycles. The minimum atomic E-state index is 0.0432. The normalized spacial score (nSPS) is 22.4. The second-order valence-electron chi connectivity index (χ2n) is 7.30. The average molecular weight is 349 g/mol. The highest BCUT2D eigenvalue weighted by atomic mass is 16.2. The lowest BCUT2D eigenvalue weighted by molar-refractivity contribution is -0.125. The van der Waals surface area contributed by atoms with Crippen LogP contribution in [0.5, 0.6) is 0 Å². The van der Waals surface area contributed by atoms with Gasteiger partial charge in [-0.25, -0.2) is 0 Å². The fourth-order valence-corrected chi connectivity index (χ4v) is 4.18. The number of carbonyl (C=O) groups excluding carboxylic acids is 1. The molecule has 2 aromatic carbocycles. The van der Waals surface area contributed by atoms with Gasteiger partial charge in [0.25, 0.3) is 0 Å². The third kappa shape index (κ3) is 3.75. The first kappa shape index (κ1) is 17.1. The third-order valence-electron chi connectivity index (χ3n) is 5.59. The van der Waals surface area contributed by atoms with Gasteiger partial charge in [-0.05, 0) is 49.9 Å². The summed E-state index contributed by atoms with van der Waals surface area (Å²) in [4.78, 5) is 17.4. The van der Waals surface area contributed by atoms with Crippen LogP contribution in [0.15, 0.2) is 60.7 Å². The topological polar surface area (TPSA) is 35.6 Å². The van der Waals surface area contributed by atoms with E-state index >= 15 is 0 Å². The maximum absolute atomic E-state index is 13.1. The maximum atomic E-state index is 13.1. The fourth-order valence-electron chi connectivity index (χ4n) is 4.18. The largest absolute Gasteiger partial charge is 0.382 e. The Balaban J connectivity index is 1.36. The number of carbonyl (C=O) groups is 1. The lowest BCUT2D eigenvalue weighted by Crippen LogP contribution is -2.55. The molecule has 2 aliphatic rings. The van der Waals surface area contributed by atoms with Gasteiger partial charge in [-0.2, -0.15) is 0 Å². The lowest BCUT2D eigenvalue weighted by atomic mass is 9.97. The van der Waals surface area contributed by atoms with Gasteiger partial charge in [-0.15, -0.1) is 0 Å². The Bertz CT molecular complexity index is 711. The van der Waals surface area contributed by atoms with Crippen molar-refractivity contribution in [1.82, 2.24) is 4.90 Å². The molecular formula is C22H27N3O. The Kier molecular flexibility index (Phi) is 5.21. The number of nitrogens with one attached hydrogen (secondary N) is 1. The Hall–Kier alpha value is -2.33. The van der Waals surface area contributed by atoms with Crippen LogP contribution in [-0.2, 0) is 4.79 Å². The first-order valence-corrected chi connectivity index (χ1v) is 9.73. The molecule has 26 heavy (non-hydrogen) atoms. The van der Waals surface area contributed by atoms with Crippen LogP contribution >= 0.6 is 0 Å². The molecule has 2 fully saturated rings. The number of para-hydroxylation sites is 2. The molecule has 2 saturated heterocycles. The zero-order valence-electron chi connectivity index (χ0n) is 15.2. The summed E-state index contributed by atoms with van der Waals surface area (Å²) < 4.78 is 0. The van der Waals surface area contributed by atoms with Crippen LogP contribution in [0.4, 0.5) is 11.4 Å². The van der Waals surface area contributed by atoms with Crippen molar-refractivity contribution in [2.75, 3.05) is 29.9 Å². The highest BCUT2D eigenvalue weighted by Gasteiger charge is 2.35. The van der Waals surface area contributed by atoms with Crippen molar-refractivity contribution in [3.05, 3.63) is 60.7 Å². The molecule has 1 amide bonds. The monoisotopic (exact) mass is 349 g/mol. The highest BCUT2D eigenvalue weighted by molar-refractivity contribution is 5.97. The molecule has 4 rings (SSSR count). The summed E-state index contributed by atoms with van der Waals surface area (Å²) in [6.07, 6.45) is 4.24. The third-order valence-corrected chi connectivity index (χ3v) is 5.59. The molecule has 1 unspecified atom stereocenters. The van der Waals surface area contributed by atoms with Gasteiger partial charge in [0.15, 0.2) is 0 Å². The van der Waals surface area contributed by atoms with E-state index in [1.807, 2.05) is 41.3 Å². The Morgan fingerprint density at radius 2 is 1.46 bits per heavy atom. The number of likely N-dealkylation sites (tertiary alicyclic amines) is 1.